The van der Waals surface area contributed by atoms with Crippen molar-refractivity contribution in [2.24, 2.45) is 0 Å². The monoisotopic (exact) mass is 293 g/mol. The van der Waals surface area contributed by atoms with Crippen LogP contribution in [0.1, 0.15) is 12.5 Å². The van der Waals surface area contributed by atoms with Crippen LogP contribution in [-0.4, -0.2) is 23.9 Å². The van der Waals surface area contributed by atoms with Crippen molar-refractivity contribution in [2.45, 2.75) is 18.8 Å². The van der Waals surface area contributed by atoms with Gasteiger partial charge in [0, 0.05) is 28.5 Å². The fourth-order valence-corrected chi connectivity index (χ4v) is 2.09. The number of rotatable bonds is 4. The molecule has 0 saturated heterocycles. The lowest BCUT2D eigenvalue weighted by Crippen LogP contribution is -2.24. The Balaban J connectivity index is 2.67. The largest absolute Gasteiger partial charge is 0.301 e. The fraction of sp³-hybridized carbons (Fsp3) is 0.455. The van der Waals surface area contributed by atoms with Gasteiger partial charge in [-0.3, -0.25) is 0 Å². The standard InChI is InChI=1S/C11H14BrClFN/c1-8(13)6-15(2)7-9-5-10(12)3-4-11(9)14/h3-5,8H,6-7H2,1-2H3. The van der Waals surface area contributed by atoms with Gasteiger partial charge in [-0.2, -0.15) is 0 Å². The van der Waals surface area contributed by atoms with Gasteiger partial charge in [-0.1, -0.05) is 15.9 Å². The molecule has 1 aromatic carbocycles. The molecule has 0 spiro atoms. The van der Waals surface area contributed by atoms with E-state index in [2.05, 4.69) is 15.9 Å². The molecule has 0 bridgehead atoms. The summed E-state index contributed by atoms with van der Waals surface area (Å²) >= 11 is 9.19. The van der Waals surface area contributed by atoms with Crippen molar-refractivity contribution in [2.75, 3.05) is 13.6 Å². The maximum absolute atomic E-state index is 13.4. The van der Waals surface area contributed by atoms with E-state index < -0.39 is 0 Å². The van der Waals surface area contributed by atoms with E-state index in [0.717, 1.165) is 11.0 Å². The van der Waals surface area contributed by atoms with Gasteiger partial charge in [0.05, 0.1) is 0 Å². The first-order chi connectivity index (χ1) is 6.99. The maximum Gasteiger partial charge on any atom is 0.127 e. The molecule has 4 heteroatoms. The van der Waals surface area contributed by atoms with Gasteiger partial charge in [-0.05, 0) is 32.2 Å². The molecule has 1 aromatic rings. The number of hydrogen-bond acceptors (Lipinski definition) is 1. The van der Waals surface area contributed by atoms with Crippen LogP contribution in [0.5, 0.6) is 0 Å². The zero-order chi connectivity index (χ0) is 11.4. The number of alkyl halides is 1. The van der Waals surface area contributed by atoms with Crippen molar-refractivity contribution in [1.29, 1.82) is 0 Å². The molecular formula is C11H14BrClFN. The fourth-order valence-electron chi connectivity index (χ4n) is 1.45. The Labute approximate surface area is 103 Å². The highest BCUT2D eigenvalue weighted by Gasteiger charge is 2.08. The third kappa shape index (κ3) is 4.49. The summed E-state index contributed by atoms with van der Waals surface area (Å²) in [5.74, 6) is -0.174. The molecule has 0 aliphatic carbocycles. The van der Waals surface area contributed by atoms with E-state index in [1.165, 1.54) is 6.07 Å². The Morgan fingerprint density at radius 3 is 2.80 bits per heavy atom. The highest BCUT2D eigenvalue weighted by molar-refractivity contribution is 9.10. The summed E-state index contributed by atoms with van der Waals surface area (Å²) in [6.07, 6.45) is 0. The quantitative estimate of drug-likeness (QED) is 0.766. The predicted octanol–water partition coefficient (Wildman–Crippen LogP) is 3.65. The van der Waals surface area contributed by atoms with Crippen molar-refractivity contribution in [3.05, 3.63) is 34.1 Å². The summed E-state index contributed by atoms with van der Waals surface area (Å²) in [5.41, 5.74) is 0.684. The first-order valence-corrected chi connectivity index (χ1v) is 5.98. The smallest absolute Gasteiger partial charge is 0.127 e. The average molecular weight is 295 g/mol. The Hall–Kier alpha value is -0.120. The number of halogens is 3. The maximum atomic E-state index is 13.4. The van der Waals surface area contributed by atoms with Gasteiger partial charge in [0.1, 0.15) is 5.82 Å². The van der Waals surface area contributed by atoms with E-state index in [4.69, 9.17) is 11.6 Å². The number of hydrogen-bond donors (Lipinski definition) is 0. The van der Waals surface area contributed by atoms with Crippen molar-refractivity contribution < 1.29 is 4.39 Å². The van der Waals surface area contributed by atoms with E-state index >= 15 is 0 Å². The molecule has 0 aliphatic heterocycles. The second-order valence-electron chi connectivity index (χ2n) is 3.71. The Morgan fingerprint density at radius 2 is 2.20 bits per heavy atom. The lowest BCUT2D eigenvalue weighted by atomic mass is 10.2. The number of benzene rings is 1. The third-order valence-electron chi connectivity index (χ3n) is 2.01. The summed E-state index contributed by atoms with van der Waals surface area (Å²) in [4.78, 5) is 2.00. The summed E-state index contributed by atoms with van der Waals surface area (Å²) in [6.45, 7) is 3.24. The van der Waals surface area contributed by atoms with Crippen molar-refractivity contribution in [3.63, 3.8) is 0 Å². The van der Waals surface area contributed by atoms with Gasteiger partial charge in [-0.25, -0.2) is 4.39 Å². The average Bonchev–Trinajstić information content (AvgIpc) is 2.10. The third-order valence-corrected chi connectivity index (χ3v) is 2.64. The molecule has 0 saturated carbocycles. The Morgan fingerprint density at radius 1 is 1.53 bits per heavy atom. The minimum absolute atomic E-state index is 0.0743. The summed E-state index contributed by atoms with van der Waals surface area (Å²) in [7, 11) is 1.93. The minimum Gasteiger partial charge on any atom is -0.301 e. The highest BCUT2D eigenvalue weighted by Crippen LogP contribution is 2.17. The van der Waals surface area contributed by atoms with E-state index in [1.54, 1.807) is 12.1 Å². The molecule has 15 heavy (non-hydrogen) atoms. The summed E-state index contributed by atoms with van der Waals surface area (Å²) in [6, 6.07) is 4.96. The van der Waals surface area contributed by atoms with Crippen LogP contribution in [0.4, 0.5) is 4.39 Å². The van der Waals surface area contributed by atoms with Crippen molar-refractivity contribution >= 4 is 27.5 Å². The predicted molar refractivity (Wildman–Crippen MR) is 65.7 cm³/mol. The van der Waals surface area contributed by atoms with Crippen LogP contribution in [0.15, 0.2) is 22.7 Å². The van der Waals surface area contributed by atoms with Gasteiger partial charge >= 0.3 is 0 Å². The van der Waals surface area contributed by atoms with Crippen molar-refractivity contribution in [1.82, 2.24) is 4.90 Å². The first-order valence-electron chi connectivity index (χ1n) is 4.75. The Kier molecular flexibility index (Phi) is 5.03. The van der Waals surface area contributed by atoms with Crippen LogP contribution >= 0.6 is 27.5 Å². The second kappa shape index (κ2) is 5.83. The lowest BCUT2D eigenvalue weighted by Gasteiger charge is -2.18. The second-order valence-corrected chi connectivity index (χ2v) is 5.37. The number of nitrogens with zero attached hydrogens (tertiary/aromatic N) is 1. The lowest BCUT2D eigenvalue weighted by molar-refractivity contribution is 0.324. The molecular weight excluding hydrogens is 280 g/mol. The molecule has 0 amide bonds. The van der Waals surface area contributed by atoms with Gasteiger partial charge in [-0.15, -0.1) is 11.6 Å². The van der Waals surface area contributed by atoms with Gasteiger partial charge in [0.15, 0.2) is 0 Å². The molecule has 0 heterocycles. The normalized spacial score (nSPS) is 13.2. The van der Waals surface area contributed by atoms with Gasteiger partial charge in [0.2, 0.25) is 0 Å². The zero-order valence-corrected chi connectivity index (χ0v) is 11.1. The zero-order valence-electron chi connectivity index (χ0n) is 8.80. The summed E-state index contributed by atoms with van der Waals surface area (Å²) in [5, 5.41) is 0.0743. The van der Waals surface area contributed by atoms with Crippen molar-refractivity contribution in [3.8, 4) is 0 Å². The SMILES string of the molecule is CC(Cl)CN(C)Cc1cc(Br)ccc1F. The molecule has 1 atom stereocenters. The highest BCUT2D eigenvalue weighted by atomic mass is 79.9. The van der Waals surface area contributed by atoms with Crippen LogP contribution < -0.4 is 0 Å². The molecule has 0 N–H and O–H groups in total. The molecule has 1 nitrogen and oxygen atoms in total. The molecule has 0 fully saturated rings. The van der Waals surface area contributed by atoms with E-state index in [1.807, 2.05) is 18.9 Å². The molecule has 1 rings (SSSR count). The van der Waals surface area contributed by atoms with E-state index in [9.17, 15) is 4.39 Å². The molecule has 0 aliphatic rings. The topological polar surface area (TPSA) is 3.24 Å². The van der Waals surface area contributed by atoms with E-state index in [0.29, 0.717) is 12.1 Å². The van der Waals surface area contributed by atoms with Gasteiger partial charge < -0.3 is 4.90 Å². The Bertz CT molecular complexity index is 330. The van der Waals surface area contributed by atoms with Crippen LogP contribution in [-0.2, 0) is 6.54 Å². The molecule has 0 aromatic heterocycles. The summed E-state index contributed by atoms with van der Waals surface area (Å²) < 4.78 is 14.3. The van der Waals surface area contributed by atoms with Crippen LogP contribution in [0.25, 0.3) is 0 Å². The molecule has 1 unspecified atom stereocenters. The van der Waals surface area contributed by atoms with Gasteiger partial charge in [0.25, 0.3) is 0 Å². The minimum atomic E-state index is -0.174. The van der Waals surface area contributed by atoms with Crippen LogP contribution in [0.2, 0.25) is 0 Å². The molecule has 84 valence electrons. The first kappa shape index (κ1) is 12.9. The van der Waals surface area contributed by atoms with E-state index in [-0.39, 0.29) is 11.2 Å². The van der Waals surface area contributed by atoms with Crippen LogP contribution in [0, 0.1) is 5.82 Å². The van der Waals surface area contributed by atoms with Crippen LogP contribution in [0.3, 0.4) is 0 Å². The molecule has 0 radical (unpaired) electrons.